The van der Waals surface area contributed by atoms with Gasteiger partial charge in [-0.1, -0.05) is 42.5 Å². The molecule has 2 aromatic carbocycles. The molecule has 1 spiro atoms. The van der Waals surface area contributed by atoms with Crippen LogP contribution in [0, 0.1) is 35.5 Å². The molecule has 7 nitrogen and oxygen atoms in total. The first-order valence-electron chi connectivity index (χ1n) is 18.4. The van der Waals surface area contributed by atoms with Gasteiger partial charge in [-0.2, -0.15) is 0 Å². The predicted octanol–water partition coefficient (Wildman–Crippen LogP) is 6.74. The Labute approximate surface area is 303 Å². The number of carbonyl (C=O) groups is 1. The first-order chi connectivity index (χ1) is 24.0. The topological polar surface area (TPSA) is 88.1 Å². The molecule has 3 heterocycles. The Kier molecular flexibility index (Phi) is 10.1. The number of allylic oxidation sites excluding steroid dienone is 1. The van der Waals surface area contributed by atoms with Crippen molar-refractivity contribution in [3.05, 3.63) is 70.3 Å². The lowest BCUT2D eigenvalue weighted by molar-refractivity contribution is -0.00331. The SMILES string of the molecule is C=S1(=O)NC(=O)c2ccc3c(c2)N(C[C@@H]2CC[C@H]2[C@@](O)(C#CCC2CCOCC2)/C=C/C[C@H](C)[C@H]1C)C[C@@]1(CCCc2cc(Cl)ccc21)CO3. The zero-order chi connectivity index (χ0) is 35.1. The summed E-state index contributed by atoms with van der Waals surface area (Å²) in [6.07, 6.45) is 12.1. The van der Waals surface area contributed by atoms with Gasteiger partial charge in [0.1, 0.15) is 11.4 Å². The average Bonchev–Trinajstić information content (AvgIpc) is 3.22. The van der Waals surface area contributed by atoms with Crippen LogP contribution in [0.3, 0.4) is 0 Å². The molecule has 0 radical (unpaired) electrons. The molecule has 2 fully saturated rings. The maximum Gasteiger partial charge on any atom is 0.262 e. The van der Waals surface area contributed by atoms with Crippen molar-refractivity contribution >= 4 is 38.8 Å². The maximum absolute atomic E-state index is 13.9. The Hall–Kier alpha value is -2.96. The molecule has 9 heteroatoms. The summed E-state index contributed by atoms with van der Waals surface area (Å²) in [5, 5.41) is 12.8. The van der Waals surface area contributed by atoms with E-state index in [2.05, 4.69) is 39.5 Å². The van der Waals surface area contributed by atoms with Crippen molar-refractivity contribution in [1.29, 1.82) is 0 Å². The summed E-state index contributed by atoms with van der Waals surface area (Å²) in [6.45, 7) is 7.34. The minimum absolute atomic E-state index is 0.0499. The average molecular weight is 719 g/mol. The molecule has 1 saturated carbocycles. The van der Waals surface area contributed by atoms with Crippen LogP contribution in [0.1, 0.15) is 86.7 Å². The lowest BCUT2D eigenvalue weighted by atomic mass is 9.64. The second-order valence-electron chi connectivity index (χ2n) is 15.6. The van der Waals surface area contributed by atoms with Gasteiger partial charge in [0.2, 0.25) is 0 Å². The Balaban J connectivity index is 1.29. The third-order valence-corrected chi connectivity index (χ3v) is 14.7. The monoisotopic (exact) mass is 718 g/mol. The zero-order valence-corrected chi connectivity index (χ0v) is 31.0. The van der Waals surface area contributed by atoms with Crippen LogP contribution in [-0.4, -0.2) is 64.9 Å². The van der Waals surface area contributed by atoms with E-state index in [-0.39, 0.29) is 23.2 Å². The smallest absolute Gasteiger partial charge is 0.262 e. The van der Waals surface area contributed by atoms with Crippen LogP contribution >= 0.6 is 11.6 Å². The third-order valence-electron chi connectivity index (χ3n) is 12.3. The van der Waals surface area contributed by atoms with Gasteiger partial charge >= 0.3 is 0 Å². The normalized spacial score (nSPS) is 35.2. The number of ether oxygens (including phenoxy) is 2. The number of hydrogen-bond acceptors (Lipinski definition) is 6. The van der Waals surface area contributed by atoms with Gasteiger partial charge in [0.15, 0.2) is 0 Å². The number of fused-ring (bicyclic) bond motifs is 4. The minimum Gasteiger partial charge on any atom is -0.490 e. The number of anilines is 1. The predicted molar refractivity (Wildman–Crippen MR) is 202 cm³/mol. The Morgan fingerprint density at radius 1 is 1.14 bits per heavy atom. The van der Waals surface area contributed by atoms with Gasteiger partial charge in [-0.05, 0) is 129 Å². The van der Waals surface area contributed by atoms with Crippen LogP contribution in [0.2, 0.25) is 5.02 Å². The van der Waals surface area contributed by atoms with Crippen molar-refractivity contribution in [1.82, 2.24) is 4.72 Å². The molecule has 268 valence electrons. The molecule has 2 aromatic rings. The number of benzene rings is 2. The molecule has 2 aliphatic carbocycles. The second kappa shape index (κ2) is 14.2. The van der Waals surface area contributed by atoms with E-state index in [1.165, 1.54) is 11.1 Å². The van der Waals surface area contributed by atoms with Crippen molar-refractivity contribution in [3.8, 4) is 17.6 Å². The maximum atomic E-state index is 13.9. The third kappa shape index (κ3) is 7.08. The van der Waals surface area contributed by atoms with Crippen LogP contribution in [0.5, 0.6) is 5.75 Å². The highest BCUT2D eigenvalue weighted by molar-refractivity contribution is 7.99. The number of aryl methyl sites for hydroxylation is 1. The Morgan fingerprint density at radius 2 is 1.96 bits per heavy atom. The molecule has 2 N–H and O–H groups in total. The number of amides is 1. The van der Waals surface area contributed by atoms with Gasteiger partial charge in [0, 0.05) is 59.9 Å². The van der Waals surface area contributed by atoms with E-state index < -0.39 is 26.5 Å². The lowest BCUT2D eigenvalue weighted by Gasteiger charge is -2.47. The molecule has 7 rings (SSSR count). The number of carbonyl (C=O) groups excluding carboxylic acids is 1. The lowest BCUT2D eigenvalue weighted by Crippen LogP contribution is -2.52. The summed E-state index contributed by atoms with van der Waals surface area (Å²) in [7, 11) is -2.99. The fourth-order valence-corrected chi connectivity index (χ4v) is 10.5. The number of aliphatic hydroxyl groups is 1. The zero-order valence-electron chi connectivity index (χ0n) is 29.4. The standard InChI is InChI=1S/C41H51ClN2O5S/c1-28-7-4-19-41(46,20-5-8-30-16-21-48-22-17-30)36-13-10-33(36)25-44-26-40(18-6-9-31-23-34(42)12-14-35(31)40)27-49-38-15-11-32(24-37(38)44)39(45)43-50(3,47)29(28)2/h4,11-12,14-15,19,23-24,28-30,33,36,46H,3,6-10,13,16-18,21-22,25-27H2,1-2H3,(H,43,45,47)/b19-4+/t28-,29+,33-,36+,40-,41-,50?/m0/s1. The number of nitrogens with one attached hydrogen (secondary N) is 1. The summed E-state index contributed by atoms with van der Waals surface area (Å²) >= 11 is 6.47. The van der Waals surface area contributed by atoms with Gasteiger partial charge in [-0.25, -0.2) is 4.21 Å². The van der Waals surface area contributed by atoms with E-state index in [1.54, 1.807) is 6.07 Å². The van der Waals surface area contributed by atoms with Gasteiger partial charge in [0.25, 0.3) is 5.91 Å². The van der Waals surface area contributed by atoms with Crippen LogP contribution in [0.25, 0.3) is 0 Å². The summed E-state index contributed by atoms with van der Waals surface area (Å²) in [4.78, 5) is 16.1. The summed E-state index contributed by atoms with van der Waals surface area (Å²) < 4.78 is 28.9. The summed E-state index contributed by atoms with van der Waals surface area (Å²) in [5.74, 6) is 11.7. The molecule has 3 aliphatic heterocycles. The number of halogens is 1. The fourth-order valence-electron chi connectivity index (χ4n) is 8.79. The van der Waals surface area contributed by atoms with Gasteiger partial charge < -0.3 is 19.5 Å². The number of nitrogens with zero attached hydrogens (tertiary/aromatic N) is 1. The Bertz CT molecular complexity index is 1810. The van der Waals surface area contributed by atoms with Crippen LogP contribution in [0.4, 0.5) is 5.69 Å². The molecule has 7 atom stereocenters. The summed E-state index contributed by atoms with van der Waals surface area (Å²) in [5.41, 5.74) is 2.25. The molecular formula is C41H51ClN2O5S. The van der Waals surface area contributed by atoms with Crippen molar-refractivity contribution in [3.63, 3.8) is 0 Å². The highest BCUT2D eigenvalue weighted by Crippen LogP contribution is 2.48. The van der Waals surface area contributed by atoms with E-state index in [0.717, 1.165) is 81.0 Å². The highest BCUT2D eigenvalue weighted by atomic mass is 35.5. The number of rotatable bonds is 1. The van der Waals surface area contributed by atoms with Crippen LogP contribution in [0.15, 0.2) is 48.6 Å². The first-order valence-corrected chi connectivity index (χ1v) is 20.6. The van der Waals surface area contributed by atoms with Crippen molar-refractivity contribution in [2.45, 2.75) is 87.9 Å². The van der Waals surface area contributed by atoms with Crippen molar-refractivity contribution in [2.75, 3.05) is 37.8 Å². The summed E-state index contributed by atoms with van der Waals surface area (Å²) in [6, 6.07) is 11.8. The fraction of sp³-hybridized carbons (Fsp3) is 0.561. The molecule has 0 aromatic heterocycles. The van der Waals surface area contributed by atoms with Crippen molar-refractivity contribution in [2.24, 2.45) is 23.7 Å². The van der Waals surface area contributed by atoms with Crippen molar-refractivity contribution < 1.29 is 23.6 Å². The molecule has 1 saturated heterocycles. The Morgan fingerprint density at radius 3 is 2.74 bits per heavy atom. The minimum atomic E-state index is -2.99. The second-order valence-corrected chi connectivity index (χ2v) is 18.4. The van der Waals surface area contributed by atoms with Crippen LogP contribution < -0.4 is 14.4 Å². The number of hydrogen-bond donors (Lipinski definition) is 2. The highest BCUT2D eigenvalue weighted by Gasteiger charge is 2.47. The van der Waals surface area contributed by atoms with Gasteiger partial charge in [0.05, 0.1) is 22.0 Å². The van der Waals surface area contributed by atoms with Crippen LogP contribution in [-0.2, 0) is 26.3 Å². The molecule has 5 aliphatic rings. The molecular weight excluding hydrogens is 668 g/mol. The van der Waals surface area contributed by atoms with E-state index in [4.69, 9.17) is 21.1 Å². The first kappa shape index (κ1) is 35.4. The quantitative estimate of drug-likeness (QED) is 0.193. The van der Waals surface area contributed by atoms with Gasteiger partial charge in [-0.15, -0.1) is 0 Å². The molecule has 1 unspecified atom stereocenters. The van der Waals surface area contributed by atoms with Gasteiger partial charge in [-0.3, -0.25) is 9.52 Å². The molecule has 2 bridgehead atoms. The largest absolute Gasteiger partial charge is 0.490 e. The van der Waals surface area contributed by atoms with E-state index in [9.17, 15) is 14.1 Å². The van der Waals surface area contributed by atoms with E-state index >= 15 is 0 Å². The van der Waals surface area contributed by atoms with E-state index in [0.29, 0.717) is 37.6 Å². The molecule has 1 amide bonds. The van der Waals surface area contributed by atoms with E-state index in [1.807, 2.05) is 44.2 Å². The molecule has 50 heavy (non-hydrogen) atoms.